The molecule has 0 atom stereocenters. The molecule has 10 rings (SSSR count). The van der Waals surface area contributed by atoms with Crippen molar-refractivity contribution in [1.29, 1.82) is 0 Å². The Labute approximate surface area is 280 Å². The van der Waals surface area contributed by atoms with E-state index in [1.54, 1.807) is 0 Å². The molecule has 3 heteroatoms. The lowest BCUT2D eigenvalue weighted by Gasteiger charge is -2.28. The molecule has 0 bridgehead atoms. The van der Waals surface area contributed by atoms with E-state index in [2.05, 4.69) is 169 Å². The smallest absolute Gasteiger partial charge is 0.0640 e. The Kier molecular flexibility index (Phi) is 5.98. The second-order valence-corrected chi connectivity index (χ2v) is 14.2. The zero-order valence-electron chi connectivity index (χ0n) is 25.4. The summed E-state index contributed by atoms with van der Waals surface area (Å²) in [6.45, 7) is 0. The lowest BCUT2D eigenvalue weighted by atomic mass is 9.96. The lowest BCUT2D eigenvalue weighted by Crippen LogP contribution is -2.10. The molecule has 0 aliphatic heterocycles. The predicted molar refractivity (Wildman–Crippen MR) is 207 cm³/mol. The van der Waals surface area contributed by atoms with Crippen LogP contribution in [0.3, 0.4) is 0 Å². The van der Waals surface area contributed by atoms with E-state index < -0.39 is 0 Å². The van der Waals surface area contributed by atoms with E-state index in [-0.39, 0.29) is 0 Å². The van der Waals surface area contributed by atoms with Gasteiger partial charge in [0.1, 0.15) is 0 Å². The van der Waals surface area contributed by atoms with E-state index in [1.807, 2.05) is 22.7 Å². The minimum atomic E-state index is 1.16. The summed E-state index contributed by atoms with van der Waals surface area (Å²) in [7, 11) is 0. The Bertz CT molecular complexity index is 2810. The first kappa shape index (κ1) is 26.7. The third kappa shape index (κ3) is 4.14. The zero-order valence-corrected chi connectivity index (χ0v) is 27.0. The van der Waals surface area contributed by atoms with Crippen LogP contribution in [-0.2, 0) is 0 Å². The summed E-state index contributed by atoms with van der Waals surface area (Å²) in [6, 6.07) is 60.2. The zero-order chi connectivity index (χ0) is 30.9. The van der Waals surface area contributed by atoms with Crippen molar-refractivity contribution >= 4 is 102 Å². The molecule has 0 N–H and O–H groups in total. The maximum atomic E-state index is 2.50. The largest absolute Gasteiger partial charge is 0.308 e. The van der Waals surface area contributed by atoms with Gasteiger partial charge in [0, 0.05) is 46.7 Å². The highest BCUT2D eigenvalue weighted by Crippen LogP contribution is 2.49. The number of rotatable bonds is 4. The Balaban J connectivity index is 1.30. The molecule has 0 unspecified atom stereocenters. The van der Waals surface area contributed by atoms with Gasteiger partial charge in [-0.25, -0.2) is 0 Å². The highest BCUT2D eigenvalue weighted by atomic mass is 32.1. The SMILES string of the molecule is c1ccc(-c2ccc(N(c3ccc4sc5ccc6ccccc6c5c4c3)c3cccc4c3sc3ccccc34)c3ccccc23)cc1. The topological polar surface area (TPSA) is 3.24 Å². The summed E-state index contributed by atoms with van der Waals surface area (Å²) < 4.78 is 5.24. The molecule has 0 fully saturated rings. The first-order chi connectivity index (χ1) is 23.3. The van der Waals surface area contributed by atoms with Crippen LogP contribution in [0.15, 0.2) is 164 Å². The fraction of sp³-hybridized carbons (Fsp3) is 0. The van der Waals surface area contributed by atoms with Crippen molar-refractivity contribution in [2.45, 2.75) is 0 Å². The van der Waals surface area contributed by atoms with Gasteiger partial charge in [0.2, 0.25) is 0 Å². The average Bonchev–Trinajstić information content (AvgIpc) is 3.71. The van der Waals surface area contributed by atoms with Crippen LogP contribution in [0.4, 0.5) is 17.1 Å². The molecule has 2 heterocycles. The second-order valence-electron chi connectivity index (χ2n) is 12.1. The molecular weight excluding hydrogens is 607 g/mol. The van der Waals surface area contributed by atoms with Crippen molar-refractivity contribution in [3.05, 3.63) is 164 Å². The van der Waals surface area contributed by atoms with Crippen LogP contribution in [0.2, 0.25) is 0 Å². The van der Waals surface area contributed by atoms with Crippen molar-refractivity contribution < 1.29 is 0 Å². The molecule has 0 spiro atoms. The van der Waals surface area contributed by atoms with Crippen LogP contribution >= 0.6 is 22.7 Å². The standard InChI is InChI=1S/C44H27NS2/c1-2-11-28(12-3-1)31-23-24-38(34-16-7-6-15-33(31)34)45(39-19-10-18-36-35-17-8-9-20-40(35)47-44(36)39)30-22-26-41-37(27-30)43-32-14-5-4-13-29(32)21-25-42(43)46-41/h1-27H. The maximum absolute atomic E-state index is 2.50. The summed E-state index contributed by atoms with van der Waals surface area (Å²) in [6.07, 6.45) is 0. The molecule has 0 aliphatic rings. The van der Waals surface area contributed by atoms with E-state index in [0.717, 1.165) is 5.69 Å². The van der Waals surface area contributed by atoms with Crippen molar-refractivity contribution in [3.8, 4) is 11.1 Å². The van der Waals surface area contributed by atoms with E-state index in [4.69, 9.17) is 0 Å². The van der Waals surface area contributed by atoms with Gasteiger partial charge in [0.25, 0.3) is 0 Å². The number of fused-ring (bicyclic) bond motifs is 9. The lowest BCUT2D eigenvalue weighted by molar-refractivity contribution is 1.32. The van der Waals surface area contributed by atoms with Gasteiger partial charge in [0.05, 0.1) is 16.1 Å². The molecule has 220 valence electrons. The number of hydrogen-bond acceptors (Lipinski definition) is 3. The second kappa shape index (κ2) is 10.5. The first-order valence-corrected chi connectivity index (χ1v) is 17.6. The van der Waals surface area contributed by atoms with Crippen molar-refractivity contribution in [1.82, 2.24) is 0 Å². The fourth-order valence-electron chi connectivity index (χ4n) is 7.34. The van der Waals surface area contributed by atoms with Crippen LogP contribution in [0.25, 0.3) is 73.0 Å². The van der Waals surface area contributed by atoms with Crippen LogP contribution in [0, 0.1) is 0 Å². The van der Waals surface area contributed by atoms with Crippen LogP contribution in [-0.4, -0.2) is 0 Å². The molecule has 0 saturated heterocycles. The van der Waals surface area contributed by atoms with Crippen LogP contribution in [0.5, 0.6) is 0 Å². The van der Waals surface area contributed by atoms with Gasteiger partial charge in [-0.05, 0) is 69.8 Å². The first-order valence-electron chi connectivity index (χ1n) is 15.9. The van der Waals surface area contributed by atoms with Gasteiger partial charge < -0.3 is 4.90 Å². The minimum Gasteiger partial charge on any atom is -0.308 e. The molecule has 0 amide bonds. The Morgan fingerprint density at radius 2 is 1.09 bits per heavy atom. The highest BCUT2D eigenvalue weighted by Gasteiger charge is 2.22. The molecule has 8 aromatic carbocycles. The molecule has 10 aromatic rings. The molecule has 1 nitrogen and oxygen atoms in total. The number of benzene rings is 8. The summed E-state index contributed by atoms with van der Waals surface area (Å²) in [4.78, 5) is 2.50. The summed E-state index contributed by atoms with van der Waals surface area (Å²) in [5, 5.41) is 10.3. The minimum absolute atomic E-state index is 1.16. The van der Waals surface area contributed by atoms with Crippen LogP contribution < -0.4 is 4.90 Å². The van der Waals surface area contributed by atoms with Gasteiger partial charge in [-0.15, -0.1) is 22.7 Å². The van der Waals surface area contributed by atoms with E-state index in [9.17, 15) is 0 Å². The predicted octanol–water partition coefficient (Wildman–Crippen LogP) is 13.9. The Hall–Kier alpha value is -5.48. The van der Waals surface area contributed by atoms with Gasteiger partial charge in [-0.3, -0.25) is 0 Å². The third-order valence-electron chi connectivity index (χ3n) is 9.45. The molecule has 0 aliphatic carbocycles. The summed E-state index contributed by atoms with van der Waals surface area (Å²) in [5.74, 6) is 0. The number of nitrogens with zero attached hydrogens (tertiary/aromatic N) is 1. The normalized spacial score (nSPS) is 11.8. The monoisotopic (exact) mass is 633 g/mol. The Morgan fingerprint density at radius 3 is 1.98 bits per heavy atom. The van der Waals surface area contributed by atoms with E-state index in [0.29, 0.717) is 0 Å². The van der Waals surface area contributed by atoms with Gasteiger partial charge in [0.15, 0.2) is 0 Å². The molecular formula is C44H27NS2. The fourth-order valence-corrected chi connectivity index (χ4v) is 9.65. The third-order valence-corrected chi connectivity index (χ3v) is 11.8. The molecule has 0 radical (unpaired) electrons. The average molecular weight is 634 g/mol. The maximum Gasteiger partial charge on any atom is 0.0640 e. The quantitative estimate of drug-likeness (QED) is 0.186. The van der Waals surface area contributed by atoms with Gasteiger partial charge in [-0.2, -0.15) is 0 Å². The highest BCUT2D eigenvalue weighted by molar-refractivity contribution is 7.26. The number of hydrogen-bond donors (Lipinski definition) is 0. The van der Waals surface area contributed by atoms with E-state index in [1.165, 1.54) is 84.4 Å². The van der Waals surface area contributed by atoms with Crippen molar-refractivity contribution in [2.75, 3.05) is 4.90 Å². The van der Waals surface area contributed by atoms with Gasteiger partial charge in [-0.1, -0.05) is 121 Å². The number of anilines is 3. The summed E-state index contributed by atoms with van der Waals surface area (Å²) >= 11 is 3.76. The van der Waals surface area contributed by atoms with Crippen LogP contribution in [0.1, 0.15) is 0 Å². The molecule has 0 saturated carbocycles. The van der Waals surface area contributed by atoms with Crippen molar-refractivity contribution in [3.63, 3.8) is 0 Å². The van der Waals surface area contributed by atoms with Gasteiger partial charge >= 0.3 is 0 Å². The number of thiophene rings is 2. The van der Waals surface area contributed by atoms with Crippen molar-refractivity contribution in [2.24, 2.45) is 0 Å². The molecule has 47 heavy (non-hydrogen) atoms. The summed E-state index contributed by atoms with van der Waals surface area (Å²) in [5.41, 5.74) is 6.01. The Morgan fingerprint density at radius 1 is 0.383 bits per heavy atom. The molecule has 2 aromatic heterocycles. The van der Waals surface area contributed by atoms with E-state index >= 15 is 0 Å².